The zero-order chi connectivity index (χ0) is 22.3. The molecule has 0 saturated carbocycles. The maximum absolute atomic E-state index is 5.92. The second-order valence-corrected chi connectivity index (χ2v) is 9.56. The molecule has 4 aromatic rings. The number of hydrogen-bond donors (Lipinski definition) is 3. The first-order valence-corrected chi connectivity index (χ1v) is 11.0. The van der Waals surface area contributed by atoms with Crippen LogP contribution in [-0.2, 0) is 18.4 Å². The van der Waals surface area contributed by atoms with Crippen LogP contribution in [0.1, 0.15) is 37.5 Å². The number of aromatic nitrogens is 4. The van der Waals surface area contributed by atoms with Crippen LogP contribution in [0, 0.1) is 0 Å². The highest BCUT2D eigenvalue weighted by molar-refractivity contribution is 5.87. The third-order valence-electron chi connectivity index (χ3n) is 6.10. The van der Waals surface area contributed by atoms with Gasteiger partial charge in [-0.2, -0.15) is 15.1 Å². The van der Waals surface area contributed by atoms with Gasteiger partial charge in [0.15, 0.2) is 5.65 Å². The zero-order valence-electron chi connectivity index (χ0n) is 18.8. The van der Waals surface area contributed by atoms with Gasteiger partial charge in [0.2, 0.25) is 5.95 Å². The molecule has 2 aromatic carbocycles. The summed E-state index contributed by atoms with van der Waals surface area (Å²) in [6.07, 6.45) is 2.65. The van der Waals surface area contributed by atoms with Gasteiger partial charge in [0.05, 0.1) is 11.6 Å². The van der Waals surface area contributed by atoms with E-state index >= 15 is 0 Å². The Morgan fingerprint density at radius 1 is 1.09 bits per heavy atom. The highest BCUT2D eigenvalue weighted by Gasteiger charge is 2.25. The first-order chi connectivity index (χ1) is 15.4. The van der Waals surface area contributed by atoms with E-state index in [-0.39, 0.29) is 17.4 Å². The molecule has 1 unspecified atom stereocenters. The van der Waals surface area contributed by atoms with Gasteiger partial charge in [-0.1, -0.05) is 63.2 Å². The van der Waals surface area contributed by atoms with Crippen LogP contribution in [0.5, 0.6) is 0 Å². The molecule has 7 nitrogen and oxygen atoms in total. The molecule has 0 radical (unpaired) electrons. The molecular weight excluding hydrogens is 398 g/mol. The fraction of sp³-hybridized carbons (Fsp3) is 0.320. The SMILES string of the molecule is CC(C)(C)c1ccc(CN2CC(Nc3nc(N)nc4[nH]ncc34)Cc3ccccc32)cc1. The second-order valence-electron chi connectivity index (χ2n) is 9.56. The predicted octanol–water partition coefficient (Wildman–Crippen LogP) is 4.28. The lowest BCUT2D eigenvalue weighted by Crippen LogP contribution is -2.42. The molecule has 0 bridgehead atoms. The molecule has 1 atom stereocenters. The number of benzene rings is 2. The summed E-state index contributed by atoms with van der Waals surface area (Å²) in [5.74, 6) is 0.955. The van der Waals surface area contributed by atoms with Crippen molar-refractivity contribution in [3.8, 4) is 0 Å². The summed E-state index contributed by atoms with van der Waals surface area (Å²) in [7, 11) is 0. The van der Waals surface area contributed by atoms with Gasteiger partial charge < -0.3 is 16.0 Å². The Morgan fingerprint density at radius 3 is 2.66 bits per heavy atom. The lowest BCUT2D eigenvalue weighted by atomic mass is 9.86. The summed E-state index contributed by atoms with van der Waals surface area (Å²) in [6, 6.07) is 17.8. The molecule has 1 aliphatic heterocycles. The Labute approximate surface area is 188 Å². The van der Waals surface area contributed by atoms with E-state index in [9.17, 15) is 0 Å². The van der Waals surface area contributed by atoms with Crippen molar-refractivity contribution in [1.29, 1.82) is 0 Å². The molecule has 0 saturated heterocycles. The summed E-state index contributed by atoms with van der Waals surface area (Å²) in [4.78, 5) is 11.1. The van der Waals surface area contributed by atoms with E-state index in [0.717, 1.165) is 30.7 Å². The van der Waals surface area contributed by atoms with Crippen molar-refractivity contribution in [1.82, 2.24) is 20.2 Å². The summed E-state index contributed by atoms with van der Waals surface area (Å²) >= 11 is 0. The van der Waals surface area contributed by atoms with Crippen molar-refractivity contribution in [3.63, 3.8) is 0 Å². The van der Waals surface area contributed by atoms with Gasteiger partial charge in [-0.15, -0.1) is 0 Å². The quantitative estimate of drug-likeness (QED) is 0.450. The zero-order valence-corrected chi connectivity index (χ0v) is 18.8. The molecular formula is C25H29N7. The van der Waals surface area contributed by atoms with Crippen molar-refractivity contribution in [3.05, 3.63) is 71.4 Å². The molecule has 1 aliphatic rings. The van der Waals surface area contributed by atoms with Gasteiger partial charge >= 0.3 is 0 Å². The Balaban J connectivity index is 1.41. The number of nitrogen functional groups attached to an aromatic ring is 1. The third kappa shape index (κ3) is 3.98. The van der Waals surface area contributed by atoms with Crippen molar-refractivity contribution >= 4 is 28.5 Å². The van der Waals surface area contributed by atoms with E-state index in [1.807, 2.05) is 0 Å². The standard InChI is InChI=1S/C25H29N7/c1-25(2,3)18-10-8-16(9-11-18)14-32-15-19(12-17-6-4-5-7-21(17)32)28-22-20-13-27-31-23(20)30-24(26)29-22/h4-11,13,19H,12,14-15H2,1-3H3,(H4,26,27,28,29,30,31). The lowest BCUT2D eigenvalue weighted by molar-refractivity contribution is 0.589. The number of aromatic amines is 1. The first kappa shape index (κ1) is 20.3. The van der Waals surface area contributed by atoms with Crippen LogP contribution in [0.3, 0.4) is 0 Å². The van der Waals surface area contributed by atoms with E-state index in [1.54, 1.807) is 6.20 Å². The molecule has 0 amide bonds. The van der Waals surface area contributed by atoms with E-state index in [1.165, 1.54) is 22.4 Å². The number of H-pyrrole nitrogens is 1. The summed E-state index contributed by atoms with van der Waals surface area (Å²) < 4.78 is 0. The van der Waals surface area contributed by atoms with E-state index < -0.39 is 0 Å². The van der Waals surface area contributed by atoms with Crippen molar-refractivity contribution in [2.45, 2.75) is 45.2 Å². The maximum Gasteiger partial charge on any atom is 0.224 e. The number of para-hydroxylation sites is 1. The fourth-order valence-electron chi connectivity index (χ4n) is 4.42. The second kappa shape index (κ2) is 7.82. The summed E-state index contributed by atoms with van der Waals surface area (Å²) in [5, 5.41) is 11.4. The number of anilines is 3. The number of fused-ring (bicyclic) bond motifs is 2. The first-order valence-electron chi connectivity index (χ1n) is 11.0. The molecule has 3 heterocycles. The smallest absolute Gasteiger partial charge is 0.224 e. The van der Waals surface area contributed by atoms with Gasteiger partial charge in [0.25, 0.3) is 0 Å². The molecule has 164 valence electrons. The monoisotopic (exact) mass is 427 g/mol. The highest BCUT2D eigenvalue weighted by Crippen LogP contribution is 2.31. The minimum atomic E-state index is 0.156. The van der Waals surface area contributed by atoms with Gasteiger partial charge in [0, 0.05) is 24.8 Å². The molecule has 0 spiro atoms. The van der Waals surface area contributed by atoms with Gasteiger partial charge in [-0.25, -0.2) is 0 Å². The van der Waals surface area contributed by atoms with E-state index in [0.29, 0.717) is 5.65 Å². The fourth-order valence-corrected chi connectivity index (χ4v) is 4.42. The summed E-state index contributed by atoms with van der Waals surface area (Å²) in [6.45, 7) is 8.45. The van der Waals surface area contributed by atoms with Crippen LogP contribution in [0.4, 0.5) is 17.5 Å². The molecule has 5 rings (SSSR count). The van der Waals surface area contributed by atoms with Crippen LogP contribution in [0.25, 0.3) is 11.0 Å². The lowest BCUT2D eigenvalue weighted by Gasteiger charge is -2.37. The predicted molar refractivity (Wildman–Crippen MR) is 130 cm³/mol. The Kier molecular flexibility index (Phi) is 4.96. The molecule has 4 N–H and O–H groups in total. The number of nitrogens with two attached hydrogens (primary N) is 1. The average Bonchev–Trinajstić information content (AvgIpc) is 3.22. The highest BCUT2D eigenvalue weighted by atomic mass is 15.2. The number of hydrogen-bond acceptors (Lipinski definition) is 6. The summed E-state index contributed by atoms with van der Waals surface area (Å²) in [5.41, 5.74) is 12.0. The third-order valence-corrected chi connectivity index (χ3v) is 6.10. The average molecular weight is 428 g/mol. The Bertz CT molecular complexity index is 1240. The van der Waals surface area contributed by atoms with Crippen LogP contribution >= 0.6 is 0 Å². The van der Waals surface area contributed by atoms with Crippen LogP contribution in [0.2, 0.25) is 0 Å². The number of nitrogens with one attached hydrogen (secondary N) is 2. The minimum Gasteiger partial charge on any atom is -0.368 e. The largest absolute Gasteiger partial charge is 0.368 e. The topological polar surface area (TPSA) is 95.7 Å². The van der Waals surface area contributed by atoms with Gasteiger partial charge in [0.1, 0.15) is 5.82 Å². The Morgan fingerprint density at radius 2 is 1.88 bits per heavy atom. The van der Waals surface area contributed by atoms with Crippen molar-refractivity contribution in [2.75, 3.05) is 22.5 Å². The van der Waals surface area contributed by atoms with Crippen LogP contribution in [-0.4, -0.2) is 32.8 Å². The molecule has 0 aliphatic carbocycles. The van der Waals surface area contributed by atoms with Crippen LogP contribution < -0.4 is 16.0 Å². The molecule has 2 aromatic heterocycles. The molecule has 7 heteroatoms. The minimum absolute atomic E-state index is 0.156. The van der Waals surface area contributed by atoms with Gasteiger partial charge in [-0.3, -0.25) is 5.10 Å². The van der Waals surface area contributed by atoms with Gasteiger partial charge in [-0.05, 0) is 34.6 Å². The van der Waals surface area contributed by atoms with E-state index in [4.69, 9.17) is 5.73 Å². The number of rotatable bonds is 4. The van der Waals surface area contributed by atoms with Crippen molar-refractivity contribution < 1.29 is 0 Å². The normalized spacial score (nSPS) is 16.2. The van der Waals surface area contributed by atoms with Crippen LogP contribution in [0.15, 0.2) is 54.7 Å². The molecule has 0 fully saturated rings. The number of nitrogens with zero attached hydrogens (tertiary/aromatic N) is 4. The molecule has 32 heavy (non-hydrogen) atoms. The Hall–Kier alpha value is -3.61. The van der Waals surface area contributed by atoms with Crippen molar-refractivity contribution in [2.24, 2.45) is 0 Å². The maximum atomic E-state index is 5.92. The van der Waals surface area contributed by atoms with E-state index in [2.05, 4.69) is 99.7 Å².